The minimum absolute atomic E-state index is 0.00732. The highest BCUT2D eigenvalue weighted by atomic mass is 32.2. The van der Waals surface area contributed by atoms with Crippen molar-refractivity contribution in [3.8, 4) is 5.69 Å². The minimum Gasteiger partial charge on any atom is -0.368 e. The van der Waals surface area contributed by atoms with Gasteiger partial charge < -0.3 is 10.6 Å². The Kier molecular flexibility index (Phi) is 6.03. The van der Waals surface area contributed by atoms with Crippen LogP contribution in [0.3, 0.4) is 0 Å². The molecule has 2 N–H and O–H groups in total. The van der Waals surface area contributed by atoms with E-state index in [-0.39, 0.29) is 16.8 Å². The number of hydrogen-bond donors (Lipinski definition) is 1. The van der Waals surface area contributed by atoms with Crippen LogP contribution in [0.15, 0.2) is 34.2 Å². The second-order valence-electron chi connectivity index (χ2n) is 8.77. The maximum atomic E-state index is 13.9. The van der Waals surface area contributed by atoms with E-state index in [1.807, 2.05) is 52.2 Å². The fraction of sp³-hybridized carbons (Fsp3) is 0.375. The molecule has 1 atom stereocenters. The van der Waals surface area contributed by atoms with Crippen LogP contribution in [-0.2, 0) is 12.8 Å². The molecule has 1 aliphatic rings. The van der Waals surface area contributed by atoms with E-state index in [1.165, 1.54) is 28.6 Å². The van der Waals surface area contributed by atoms with Gasteiger partial charge in [-0.3, -0.25) is 9.36 Å². The van der Waals surface area contributed by atoms with Gasteiger partial charge in [-0.2, -0.15) is 15.0 Å². The first kappa shape index (κ1) is 22.8. The number of fused-ring (bicyclic) bond motifs is 3. The average molecular weight is 494 g/mol. The Hall–Kier alpha value is -2.98. The fourth-order valence-corrected chi connectivity index (χ4v) is 6.45. The van der Waals surface area contributed by atoms with Crippen molar-refractivity contribution in [2.24, 2.45) is 0 Å². The molecule has 0 amide bonds. The molecule has 3 aromatic heterocycles. The molecule has 0 saturated heterocycles. The van der Waals surface area contributed by atoms with Gasteiger partial charge in [0, 0.05) is 19.0 Å². The van der Waals surface area contributed by atoms with Gasteiger partial charge in [-0.25, -0.2) is 4.98 Å². The SMILES string of the molecule is Cc1ccc(-n2c(SC(C)c3nc(N)nc(N(C)C)n3)nc3sc4c(c3c2=O)CCCC4)cc1. The maximum absolute atomic E-state index is 13.9. The van der Waals surface area contributed by atoms with Gasteiger partial charge in [-0.15, -0.1) is 11.3 Å². The number of nitrogens with zero attached hydrogens (tertiary/aromatic N) is 6. The first-order valence-electron chi connectivity index (χ1n) is 11.3. The van der Waals surface area contributed by atoms with Crippen LogP contribution in [-0.4, -0.2) is 38.6 Å². The summed E-state index contributed by atoms with van der Waals surface area (Å²) in [6.07, 6.45) is 4.25. The molecular formula is C24H27N7OS2. The molecule has 5 rings (SSSR count). The molecule has 1 aliphatic carbocycles. The molecule has 4 aromatic rings. The second-order valence-corrected chi connectivity index (χ2v) is 11.2. The van der Waals surface area contributed by atoms with E-state index >= 15 is 0 Å². The van der Waals surface area contributed by atoms with Gasteiger partial charge in [0.15, 0.2) is 5.16 Å². The number of thiophene rings is 1. The largest absolute Gasteiger partial charge is 0.368 e. The molecule has 3 heterocycles. The summed E-state index contributed by atoms with van der Waals surface area (Å²) in [4.78, 5) is 36.0. The Morgan fingerprint density at radius 2 is 1.82 bits per heavy atom. The first-order chi connectivity index (χ1) is 16.3. The number of nitrogen functional groups attached to an aromatic ring is 1. The normalized spacial score (nSPS) is 14.2. The zero-order valence-corrected chi connectivity index (χ0v) is 21.3. The van der Waals surface area contributed by atoms with Crippen LogP contribution < -0.4 is 16.2 Å². The summed E-state index contributed by atoms with van der Waals surface area (Å²) < 4.78 is 1.74. The van der Waals surface area contributed by atoms with Gasteiger partial charge >= 0.3 is 0 Å². The van der Waals surface area contributed by atoms with E-state index in [0.717, 1.165) is 40.7 Å². The van der Waals surface area contributed by atoms with Crippen LogP contribution in [0, 0.1) is 6.92 Å². The second kappa shape index (κ2) is 8.99. The summed E-state index contributed by atoms with van der Waals surface area (Å²) in [6.45, 7) is 4.03. The van der Waals surface area contributed by atoms with Gasteiger partial charge in [-0.1, -0.05) is 29.5 Å². The van der Waals surface area contributed by atoms with Crippen LogP contribution in [0.25, 0.3) is 15.9 Å². The van der Waals surface area contributed by atoms with Crippen LogP contribution in [0.5, 0.6) is 0 Å². The zero-order valence-electron chi connectivity index (χ0n) is 19.7. The van der Waals surface area contributed by atoms with E-state index in [1.54, 1.807) is 20.8 Å². The van der Waals surface area contributed by atoms with Crippen molar-refractivity contribution >= 4 is 45.2 Å². The van der Waals surface area contributed by atoms with Crippen molar-refractivity contribution in [2.45, 2.75) is 49.9 Å². The Balaban J connectivity index is 1.66. The molecule has 0 radical (unpaired) electrons. The van der Waals surface area contributed by atoms with Crippen molar-refractivity contribution in [3.05, 3.63) is 56.4 Å². The molecule has 10 heteroatoms. The predicted octanol–water partition coefficient (Wildman–Crippen LogP) is 4.32. The lowest BCUT2D eigenvalue weighted by Crippen LogP contribution is -2.22. The molecule has 0 bridgehead atoms. The van der Waals surface area contributed by atoms with Crippen molar-refractivity contribution in [3.63, 3.8) is 0 Å². The van der Waals surface area contributed by atoms with Gasteiger partial charge in [0.05, 0.1) is 16.3 Å². The van der Waals surface area contributed by atoms with E-state index < -0.39 is 0 Å². The third kappa shape index (κ3) is 4.16. The standard InChI is InChI=1S/C24H27N7OS2/c1-13-9-11-15(12-10-13)31-21(32)18-16-7-5-6-8-17(16)34-20(18)28-24(31)33-14(2)19-26-22(25)29-23(27-19)30(3)4/h9-12,14H,5-8H2,1-4H3,(H2,25,26,27,29). The van der Waals surface area contributed by atoms with Crippen molar-refractivity contribution in [1.29, 1.82) is 0 Å². The lowest BCUT2D eigenvalue weighted by atomic mass is 9.97. The lowest BCUT2D eigenvalue weighted by molar-refractivity contribution is 0.699. The smallest absolute Gasteiger partial charge is 0.267 e. The summed E-state index contributed by atoms with van der Waals surface area (Å²) >= 11 is 3.12. The van der Waals surface area contributed by atoms with Crippen molar-refractivity contribution in [2.75, 3.05) is 24.7 Å². The fourth-order valence-electron chi connectivity index (χ4n) is 4.18. The average Bonchev–Trinajstić information content (AvgIpc) is 3.18. The van der Waals surface area contributed by atoms with E-state index in [9.17, 15) is 4.79 Å². The molecular weight excluding hydrogens is 466 g/mol. The highest BCUT2D eigenvalue weighted by Crippen LogP contribution is 2.38. The quantitative estimate of drug-likeness (QED) is 0.324. The summed E-state index contributed by atoms with van der Waals surface area (Å²) in [5.41, 5.74) is 9.08. The van der Waals surface area contributed by atoms with Gasteiger partial charge in [-0.05, 0) is 57.2 Å². The molecule has 1 aromatic carbocycles. The summed E-state index contributed by atoms with van der Waals surface area (Å²) in [5.74, 6) is 1.23. The molecule has 0 spiro atoms. The predicted molar refractivity (Wildman–Crippen MR) is 139 cm³/mol. The molecule has 0 fully saturated rings. The minimum atomic E-state index is -0.195. The summed E-state index contributed by atoms with van der Waals surface area (Å²) in [7, 11) is 3.72. The van der Waals surface area contributed by atoms with Crippen LogP contribution in [0.2, 0.25) is 0 Å². The Morgan fingerprint density at radius 3 is 2.56 bits per heavy atom. The molecule has 176 valence electrons. The number of aryl methyl sites for hydroxylation is 3. The van der Waals surface area contributed by atoms with Crippen LogP contribution in [0.4, 0.5) is 11.9 Å². The van der Waals surface area contributed by atoms with Gasteiger partial charge in [0.2, 0.25) is 11.9 Å². The number of benzene rings is 1. The summed E-state index contributed by atoms with van der Waals surface area (Å²) in [5, 5.41) is 1.20. The van der Waals surface area contributed by atoms with Crippen LogP contribution >= 0.6 is 23.1 Å². The topological polar surface area (TPSA) is 103 Å². The highest BCUT2D eigenvalue weighted by molar-refractivity contribution is 7.99. The van der Waals surface area contributed by atoms with Gasteiger partial charge in [0.1, 0.15) is 10.7 Å². The maximum Gasteiger partial charge on any atom is 0.267 e. The number of aromatic nitrogens is 5. The van der Waals surface area contributed by atoms with E-state index in [4.69, 9.17) is 10.7 Å². The Bertz CT molecular complexity index is 1430. The number of anilines is 2. The zero-order chi connectivity index (χ0) is 24.0. The first-order valence-corrected chi connectivity index (χ1v) is 13.0. The van der Waals surface area contributed by atoms with E-state index in [2.05, 4.69) is 15.0 Å². The monoisotopic (exact) mass is 493 g/mol. The van der Waals surface area contributed by atoms with Crippen LogP contribution in [0.1, 0.15) is 46.8 Å². The third-order valence-corrected chi connectivity index (χ3v) is 8.19. The molecule has 0 saturated carbocycles. The highest BCUT2D eigenvalue weighted by Gasteiger charge is 2.25. The molecule has 0 aliphatic heterocycles. The van der Waals surface area contributed by atoms with Gasteiger partial charge in [0.25, 0.3) is 5.56 Å². The van der Waals surface area contributed by atoms with Crippen molar-refractivity contribution < 1.29 is 0 Å². The molecule has 34 heavy (non-hydrogen) atoms. The lowest BCUT2D eigenvalue weighted by Gasteiger charge is -2.17. The number of hydrogen-bond acceptors (Lipinski definition) is 9. The number of nitrogens with two attached hydrogens (primary N) is 1. The number of rotatable bonds is 5. The number of thioether (sulfide) groups is 1. The molecule has 1 unspecified atom stereocenters. The van der Waals surface area contributed by atoms with E-state index in [0.29, 0.717) is 16.9 Å². The Morgan fingerprint density at radius 1 is 1.09 bits per heavy atom. The summed E-state index contributed by atoms with van der Waals surface area (Å²) in [6, 6.07) is 7.98. The van der Waals surface area contributed by atoms with Crippen molar-refractivity contribution in [1.82, 2.24) is 24.5 Å². The molecule has 8 nitrogen and oxygen atoms in total. The third-order valence-electron chi connectivity index (χ3n) is 5.95. The Labute approximate surface area is 206 Å².